The maximum Gasteiger partial charge on any atom is 0.322 e. The largest absolute Gasteiger partial charge is 0.505 e. The van der Waals surface area contributed by atoms with E-state index in [1.54, 1.807) is 6.07 Å². The zero-order valence-corrected chi connectivity index (χ0v) is 13.8. The number of carboxylic acids is 1. The van der Waals surface area contributed by atoms with E-state index >= 15 is 0 Å². The van der Waals surface area contributed by atoms with Gasteiger partial charge in [0.05, 0.1) is 0 Å². The molecule has 7 heteroatoms. The number of aromatic nitrogens is 1. The van der Waals surface area contributed by atoms with Crippen molar-refractivity contribution in [2.75, 3.05) is 6.54 Å². The summed E-state index contributed by atoms with van der Waals surface area (Å²) in [6.45, 7) is -0.519. The highest BCUT2D eigenvalue weighted by Crippen LogP contribution is 2.37. The molecule has 1 fully saturated rings. The first-order valence-corrected chi connectivity index (χ1v) is 8.71. The molecule has 0 saturated heterocycles. The number of nitrogens with zero attached hydrogens (tertiary/aromatic N) is 1. The summed E-state index contributed by atoms with van der Waals surface area (Å²) in [5.41, 5.74) is -0.167. The Morgan fingerprint density at radius 2 is 2.04 bits per heavy atom. The van der Waals surface area contributed by atoms with Gasteiger partial charge in [-0.1, -0.05) is 12.8 Å². The smallest absolute Gasteiger partial charge is 0.322 e. The number of aromatic hydroxyl groups is 1. The summed E-state index contributed by atoms with van der Waals surface area (Å²) in [5.74, 6) is -2.09. The number of hydrogen-bond acceptors (Lipinski definition) is 5. The molecule has 1 saturated carbocycles. The van der Waals surface area contributed by atoms with Crippen LogP contribution in [0.5, 0.6) is 5.75 Å². The summed E-state index contributed by atoms with van der Waals surface area (Å²) in [4.78, 5) is 27.5. The number of fused-ring (bicyclic) bond motifs is 1. The van der Waals surface area contributed by atoms with Gasteiger partial charge < -0.3 is 15.5 Å². The van der Waals surface area contributed by atoms with Gasteiger partial charge in [-0.05, 0) is 31.0 Å². The first-order chi connectivity index (χ1) is 11.5. The van der Waals surface area contributed by atoms with Gasteiger partial charge in [-0.2, -0.15) is 0 Å². The number of pyridine rings is 1. The summed E-state index contributed by atoms with van der Waals surface area (Å²) in [6, 6.07) is 5.67. The zero-order chi connectivity index (χ0) is 17.1. The van der Waals surface area contributed by atoms with E-state index < -0.39 is 18.4 Å². The van der Waals surface area contributed by atoms with Gasteiger partial charge >= 0.3 is 5.97 Å². The molecule has 0 spiro atoms. The maximum atomic E-state index is 11.9. The highest BCUT2D eigenvalue weighted by Gasteiger charge is 2.18. The van der Waals surface area contributed by atoms with Crippen LogP contribution in [-0.2, 0) is 4.79 Å². The number of carbonyl (C=O) groups excluding carboxylic acids is 1. The standard InChI is InChI=1S/C17H18N2O4S/c20-14(21)9-19-17(23)15-16(22)13-6-5-12(7-10(13)8-18-15)24-11-3-1-2-4-11/h5-8,11,22H,1-4,9H2,(H,19,23)(H,20,21). The highest BCUT2D eigenvalue weighted by atomic mass is 32.2. The minimum Gasteiger partial charge on any atom is -0.505 e. The Hall–Kier alpha value is -2.28. The molecule has 1 heterocycles. The number of hydrogen-bond donors (Lipinski definition) is 3. The molecule has 1 aliphatic carbocycles. The number of rotatable bonds is 5. The van der Waals surface area contributed by atoms with E-state index in [-0.39, 0.29) is 11.4 Å². The molecular formula is C17H18N2O4S. The van der Waals surface area contributed by atoms with Crippen molar-refractivity contribution in [1.82, 2.24) is 10.3 Å². The molecule has 1 amide bonds. The van der Waals surface area contributed by atoms with Gasteiger partial charge in [0.2, 0.25) is 0 Å². The van der Waals surface area contributed by atoms with Crippen molar-refractivity contribution in [2.45, 2.75) is 35.8 Å². The minimum atomic E-state index is -1.16. The van der Waals surface area contributed by atoms with Crippen molar-refractivity contribution in [3.8, 4) is 5.75 Å². The molecular weight excluding hydrogens is 328 g/mol. The average molecular weight is 346 g/mol. The third-order valence-corrected chi connectivity index (χ3v) is 5.39. The Morgan fingerprint density at radius 3 is 2.75 bits per heavy atom. The molecule has 1 aromatic carbocycles. The lowest BCUT2D eigenvalue weighted by atomic mass is 10.1. The quantitative estimate of drug-likeness (QED) is 0.770. The number of carboxylic acid groups (broad SMARTS) is 1. The molecule has 0 unspecified atom stereocenters. The van der Waals surface area contributed by atoms with Crippen LogP contribution in [0.3, 0.4) is 0 Å². The van der Waals surface area contributed by atoms with E-state index in [0.29, 0.717) is 10.6 Å². The molecule has 3 N–H and O–H groups in total. The maximum absolute atomic E-state index is 11.9. The molecule has 3 rings (SSSR count). The van der Waals surface area contributed by atoms with Crippen molar-refractivity contribution in [1.29, 1.82) is 0 Å². The fraction of sp³-hybridized carbons (Fsp3) is 0.353. The van der Waals surface area contributed by atoms with Gasteiger partial charge in [-0.15, -0.1) is 11.8 Å². The number of thioether (sulfide) groups is 1. The number of carbonyl (C=O) groups is 2. The lowest BCUT2D eigenvalue weighted by Crippen LogP contribution is -2.29. The van der Waals surface area contributed by atoms with Gasteiger partial charge in [-0.25, -0.2) is 4.98 Å². The van der Waals surface area contributed by atoms with E-state index in [2.05, 4.69) is 10.3 Å². The van der Waals surface area contributed by atoms with Crippen LogP contribution in [-0.4, -0.2) is 38.9 Å². The van der Waals surface area contributed by atoms with E-state index in [1.807, 2.05) is 23.9 Å². The second-order valence-electron chi connectivity index (χ2n) is 5.81. The number of amides is 1. The Bertz CT molecular complexity index is 787. The van der Waals surface area contributed by atoms with Gasteiger partial charge in [0.1, 0.15) is 6.54 Å². The SMILES string of the molecule is O=C(O)CNC(=O)c1ncc2cc(SC3CCCC3)ccc2c1O. The van der Waals surface area contributed by atoms with Crippen molar-refractivity contribution in [2.24, 2.45) is 0 Å². The second kappa shape index (κ2) is 7.09. The third-order valence-electron chi connectivity index (χ3n) is 4.06. The first-order valence-electron chi connectivity index (χ1n) is 7.83. The van der Waals surface area contributed by atoms with Gasteiger partial charge in [0.15, 0.2) is 11.4 Å². The number of nitrogens with one attached hydrogen (secondary N) is 1. The first kappa shape index (κ1) is 16.6. The fourth-order valence-corrected chi connectivity index (χ4v) is 4.16. The van der Waals surface area contributed by atoms with Crippen molar-refractivity contribution < 1.29 is 19.8 Å². The Labute approximate surface area is 143 Å². The monoisotopic (exact) mass is 346 g/mol. The molecule has 6 nitrogen and oxygen atoms in total. The van der Waals surface area contributed by atoms with Crippen LogP contribution >= 0.6 is 11.8 Å². The number of aliphatic carboxylic acids is 1. The van der Waals surface area contributed by atoms with Gasteiger partial charge in [-0.3, -0.25) is 9.59 Å². The summed E-state index contributed by atoms with van der Waals surface area (Å²) in [5, 5.41) is 23.0. The average Bonchev–Trinajstić information content (AvgIpc) is 3.06. The molecule has 0 radical (unpaired) electrons. The van der Waals surface area contributed by atoms with Crippen LogP contribution in [0, 0.1) is 0 Å². The lowest BCUT2D eigenvalue weighted by Gasteiger charge is -2.11. The Kier molecular flexibility index (Phi) is 4.89. The van der Waals surface area contributed by atoms with E-state index in [9.17, 15) is 14.7 Å². The summed E-state index contributed by atoms with van der Waals surface area (Å²) in [6.07, 6.45) is 6.55. The van der Waals surface area contributed by atoms with Crippen LogP contribution in [0.1, 0.15) is 36.2 Å². The van der Waals surface area contributed by atoms with Crippen LogP contribution < -0.4 is 5.32 Å². The summed E-state index contributed by atoms with van der Waals surface area (Å²) in [7, 11) is 0. The number of benzene rings is 1. The lowest BCUT2D eigenvalue weighted by molar-refractivity contribution is -0.135. The summed E-state index contributed by atoms with van der Waals surface area (Å²) >= 11 is 1.84. The van der Waals surface area contributed by atoms with Crippen LogP contribution in [0.2, 0.25) is 0 Å². The highest BCUT2D eigenvalue weighted by molar-refractivity contribution is 8.00. The van der Waals surface area contributed by atoms with E-state index in [4.69, 9.17) is 5.11 Å². The Balaban J connectivity index is 1.83. The predicted octanol–water partition coefficient (Wildman–Crippen LogP) is 2.79. The fourth-order valence-electron chi connectivity index (χ4n) is 2.86. The molecule has 0 aliphatic heterocycles. The molecule has 24 heavy (non-hydrogen) atoms. The minimum absolute atomic E-state index is 0.167. The van der Waals surface area contributed by atoms with Crippen molar-refractivity contribution >= 4 is 34.4 Å². The van der Waals surface area contributed by atoms with Crippen LogP contribution in [0.4, 0.5) is 0 Å². The van der Waals surface area contributed by atoms with Gasteiger partial charge in [0, 0.05) is 27.1 Å². The van der Waals surface area contributed by atoms with Gasteiger partial charge in [0.25, 0.3) is 5.91 Å². The van der Waals surface area contributed by atoms with E-state index in [1.165, 1.54) is 31.9 Å². The Morgan fingerprint density at radius 1 is 1.29 bits per heavy atom. The van der Waals surface area contributed by atoms with E-state index in [0.717, 1.165) is 10.3 Å². The second-order valence-corrected chi connectivity index (χ2v) is 7.18. The van der Waals surface area contributed by atoms with Crippen LogP contribution in [0.25, 0.3) is 10.8 Å². The topological polar surface area (TPSA) is 99.5 Å². The van der Waals surface area contributed by atoms with Crippen molar-refractivity contribution in [3.05, 3.63) is 30.1 Å². The van der Waals surface area contributed by atoms with Crippen LogP contribution in [0.15, 0.2) is 29.3 Å². The predicted molar refractivity (Wildman–Crippen MR) is 91.5 cm³/mol. The molecule has 0 atom stereocenters. The molecule has 2 aromatic rings. The van der Waals surface area contributed by atoms with Crippen molar-refractivity contribution in [3.63, 3.8) is 0 Å². The zero-order valence-electron chi connectivity index (χ0n) is 13.0. The molecule has 1 aromatic heterocycles. The third kappa shape index (κ3) is 3.62. The molecule has 0 bridgehead atoms. The molecule has 126 valence electrons. The summed E-state index contributed by atoms with van der Waals surface area (Å²) < 4.78 is 0. The normalized spacial score (nSPS) is 14.8. The molecule has 1 aliphatic rings.